The van der Waals surface area contributed by atoms with Crippen molar-refractivity contribution in [3.05, 3.63) is 48.5 Å². The second kappa shape index (κ2) is 3.98. The maximum Gasteiger partial charge on any atom is 0.144 e. The van der Waals surface area contributed by atoms with Crippen LogP contribution in [0.15, 0.2) is 30.3 Å². The Morgan fingerprint density at radius 3 is 2.73 bits per heavy atom. The molecule has 4 heteroatoms. The Morgan fingerprint density at radius 1 is 1.20 bits per heavy atom. The largest absolute Gasteiger partial charge is 0.253 e. The van der Waals surface area contributed by atoms with Crippen molar-refractivity contribution >= 4 is 21.6 Å². The van der Waals surface area contributed by atoms with E-state index in [2.05, 4.69) is 11.9 Å². The maximum absolute atomic E-state index is 10.6. The zero-order valence-corrected chi connectivity index (χ0v) is 8.91. The zero-order valence-electron chi connectivity index (χ0n) is 8.01. The minimum Gasteiger partial charge on any atom is -0.253 e. The molecule has 0 spiro atoms. The van der Waals surface area contributed by atoms with Crippen LogP contribution in [0.25, 0.3) is 10.9 Å². The fourth-order valence-corrected chi connectivity index (χ4v) is 1.96. The number of hydrogen-bond donors (Lipinski definition) is 1. The quantitative estimate of drug-likeness (QED) is 0.781. The molecule has 2 aromatic rings. The number of pyridine rings is 1. The van der Waals surface area contributed by atoms with Gasteiger partial charge in [-0.25, -0.2) is 8.42 Å². The van der Waals surface area contributed by atoms with Gasteiger partial charge in [-0.1, -0.05) is 12.1 Å². The molecule has 1 heterocycles. The molecule has 0 saturated heterocycles. The molecule has 1 aromatic carbocycles. The minimum absolute atomic E-state index is 0.0808. The maximum atomic E-state index is 10.6. The van der Waals surface area contributed by atoms with Gasteiger partial charge in [0.2, 0.25) is 0 Å². The minimum atomic E-state index is -2.37. The Balaban J connectivity index is 2.52. The molecule has 0 aliphatic rings. The van der Waals surface area contributed by atoms with Gasteiger partial charge in [0.05, 0.1) is 11.3 Å². The molecule has 0 atom stereocenters. The topological polar surface area (TPSA) is 47.0 Å². The fourth-order valence-electron chi connectivity index (χ4n) is 1.46. The van der Waals surface area contributed by atoms with Crippen LogP contribution in [0.5, 0.6) is 0 Å². The molecule has 2 rings (SSSR count). The molecule has 0 unspecified atom stereocenters. The van der Waals surface area contributed by atoms with Crippen LogP contribution < -0.4 is 0 Å². The number of benzene rings is 1. The van der Waals surface area contributed by atoms with Gasteiger partial charge in [-0.05, 0) is 30.7 Å². The highest BCUT2D eigenvalue weighted by molar-refractivity contribution is 7.71. The molecule has 0 fully saturated rings. The first-order valence-electron chi connectivity index (χ1n) is 4.48. The lowest BCUT2D eigenvalue weighted by Gasteiger charge is -2.00. The number of rotatable bonds is 2. The highest BCUT2D eigenvalue weighted by atomic mass is 32.2. The lowest BCUT2D eigenvalue weighted by Crippen LogP contribution is -1.88. The summed E-state index contributed by atoms with van der Waals surface area (Å²) < 4.78 is 21.1. The van der Waals surface area contributed by atoms with Crippen LogP contribution in [0, 0.1) is 6.92 Å². The molecule has 1 aromatic heterocycles. The normalized spacial score (nSPS) is 11.1. The van der Waals surface area contributed by atoms with E-state index in [-0.39, 0.29) is 5.75 Å². The van der Waals surface area contributed by atoms with E-state index >= 15 is 0 Å². The first-order chi connectivity index (χ1) is 7.15. The summed E-state index contributed by atoms with van der Waals surface area (Å²) in [6.07, 6.45) is 0. The second-order valence-electron chi connectivity index (χ2n) is 3.32. The number of aromatic nitrogens is 1. The smallest absolute Gasteiger partial charge is 0.144 e. The molecule has 3 nitrogen and oxygen atoms in total. The summed E-state index contributed by atoms with van der Waals surface area (Å²) in [5.74, 6) is 0.0808. The lowest BCUT2D eigenvalue weighted by molar-refractivity contribution is 0.614. The summed E-state index contributed by atoms with van der Waals surface area (Å²) in [5, 5.41) is 0.941. The highest BCUT2D eigenvalue weighted by Crippen LogP contribution is 2.15. The van der Waals surface area contributed by atoms with Crippen molar-refractivity contribution in [2.24, 2.45) is 0 Å². The average Bonchev–Trinajstić information content (AvgIpc) is 2.17. The fraction of sp³-hybridized carbons (Fsp3) is 0.0909. The van der Waals surface area contributed by atoms with Gasteiger partial charge in [-0.15, -0.1) is 0 Å². The molecule has 0 N–H and O–H groups in total. The molecule has 77 valence electrons. The predicted octanol–water partition coefficient (Wildman–Crippen LogP) is 1.53. The van der Waals surface area contributed by atoms with E-state index in [9.17, 15) is 8.42 Å². The van der Waals surface area contributed by atoms with Crippen molar-refractivity contribution in [1.82, 2.24) is 4.98 Å². The summed E-state index contributed by atoms with van der Waals surface area (Å²) in [6, 6.07) is 9.14. The standard InChI is InChI=1S/C11H10NO2S/c1-8-2-4-10-6-9(7-15(13)14)3-5-11(10)12-8/h2-6,15H,1,7H2. The molecule has 0 bridgehead atoms. The Bertz CT molecular complexity index is 568. The van der Waals surface area contributed by atoms with Crippen molar-refractivity contribution < 1.29 is 8.42 Å². The van der Waals surface area contributed by atoms with Gasteiger partial charge in [0.25, 0.3) is 0 Å². The van der Waals surface area contributed by atoms with E-state index in [4.69, 9.17) is 0 Å². The number of nitrogens with zero attached hydrogens (tertiary/aromatic N) is 1. The van der Waals surface area contributed by atoms with E-state index in [1.807, 2.05) is 24.3 Å². The Hall–Kier alpha value is -1.42. The molecular formula is C11H10NO2S. The highest BCUT2D eigenvalue weighted by Gasteiger charge is 1.99. The monoisotopic (exact) mass is 220 g/mol. The summed E-state index contributed by atoms with van der Waals surface area (Å²) >= 11 is 0. The molecular weight excluding hydrogens is 210 g/mol. The van der Waals surface area contributed by atoms with E-state index in [0.29, 0.717) is 5.69 Å². The molecule has 0 amide bonds. The van der Waals surface area contributed by atoms with Crippen LogP contribution in [0.2, 0.25) is 0 Å². The molecule has 15 heavy (non-hydrogen) atoms. The van der Waals surface area contributed by atoms with Crippen molar-refractivity contribution in [3.8, 4) is 0 Å². The summed E-state index contributed by atoms with van der Waals surface area (Å²) in [6.45, 7) is 3.73. The van der Waals surface area contributed by atoms with E-state index in [1.54, 1.807) is 6.07 Å². The Kier molecular flexibility index (Phi) is 2.68. The Morgan fingerprint density at radius 2 is 2.00 bits per heavy atom. The second-order valence-corrected chi connectivity index (χ2v) is 4.30. The first-order valence-corrected chi connectivity index (χ1v) is 5.85. The van der Waals surface area contributed by atoms with Gasteiger partial charge < -0.3 is 0 Å². The van der Waals surface area contributed by atoms with Crippen molar-refractivity contribution in [1.29, 1.82) is 0 Å². The van der Waals surface area contributed by atoms with Crippen molar-refractivity contribution in [2.75, 3.05) is 0 Å². The number of hydrogen-bond acceptors (Lipinski definition) is 3. The third-order valence-corrected chi connectivity index (χ3v) is 2.75. The van der Waals surface area contributed by atoms with E-state index in [0.717, 1.165) is 16.5 Å². The molecule has 0 aliphatic heterocycles. The van der Waals surface area contributed by atoms with Crippen molar-refractivity contribution in [3.63, 3.8) is 0 Å². The summed E-state index contributed by atoms with van der Waals surface area (Å²) in [7, 11) is -2.37. The van der Waals surface area contributed by atoms with Gasteiger partial charge >= 0.3 is 0 Å². The van der Waals surface area contributed by atoms with Gasteiger partial charge in [-0.3, -0.25) is 4.98 Å². The lowest BCUT2D eigenvalue weighted by atomic mass is 10.1. The molecule has 1 radical (unpaired) electrons. The van der Waals surface area contributed by atoms with Crippen LogP contribution in [-0.2, 0) is 16.5 Å². The Labute approximate surface area is 89.7 Å². The van der Waals surface area contributed by atoms with Gasteiger partial charge in [-0.2, -0.15) is 0 Å². The van der Waals surface area contributed by atoms with Gasteiger partial charge in [0, 0.05) is 11.1 Å². The van der Waals surface area contributed by atoms with Crippen LogP contribution in [0.1, 0.15) is 11.3 Å². The number of thiol groups is 1. The van der Waals surface area contributed by atoms with Crippen LogP contribution in [0.3, 0.4) is 0 Å². The zero-order chi connectivity index (χ0) is 10.8. The van der Waals surface area contributed by atoms with E-state index in [1.165, 1.54) is 0 Å². The van der Waals surface area contributed by atoms with Crippen LogP contribution >= 0.6 is 0 Å². The predicted molar refractivity (Wildman–Crippen MR) is 60.2 cm³/mol. The summed E-state index contributed by atoms with van der Waals surface area (Å²) in [4.78, 5) is 4.23. The number of fused-ring (bicyclic) bond motifs is 1. The SMILES string of the molecule is [CH2]c1ccc2cc(C[SH](=O)=O)ccc2n1. The van der Waals surface area contributed by atoms with Gasteiger partial charge in [0.15, 0.2) is 0 Å². The van der Waals surface area contributed by atoms with Crippen LogP contribution in [-0.4, -0.2) is 13.4 Å². The average molecular weight is 220 g/mol. The third kappa shape index (κ3) is 2.33. The van der Waals surface area contributed by atoms with Crippen molar-refractivity contribution in [2.45, 2.75) is 5.75 Å². The third-order valence-electron chi connectivity index (χ3n) is 2.12. The molecule has 0 aliphatic carbocycles. The van der Waals surface area contributed by atoms with E-state index < -0.39 is 10.7 Å². The van der Waals surface area contributed by atoms with Gasteiger partial charge in [0.1, 0.15) is 10.7 Å². The first kappa shape index (κ1) is 10.1. The molecule has 0 saturated carbocycles. The van der Waals surface area contributed by atoms with Crippen LogP contribution in [0.4, 0.5) is 0 Å². The summed E-state index contributed by atoms with van der Waals surface area (Å²) in [5.41, 5.74) is 2.34.